The fraction of sp³-hybridized carbons (Fsp3) is 0.167. The number of hydrogen-bond donors (Lipinski definition) is 2. The maximum Gasteiger partial charge on any atom is 0.234 e. The molecule has 3 aromatic rings. The maximum atomic E-state index is 12.2. The molecule has 0 aliphatic heterocycles. The summed E-state index contributed by atoms with van der Waals surface area (Å²) in [5, 5.41) is 15.0. The lowest BCUT2D eigenvalue weighted by Gasteiger charge is -2.08. The third-order valence-electron chi connectivity index (χ3n) is 3.46. The molecule has 6 nitrogen and oxygen atoms in total. The van der Waals surface area contributed by atoms with Gasteiger partial charge in [-0.2, -0.15) is 0 Å². The summed E-state index contributed by atoms with van der Waals surface area (Å²) in [5.74, 6) is 0.927. The van der Waals surface area contributed by atoms with Gasteiger partial charge in [-0.25, -0.2) is 0 Å². The molecule has 1 aromatic heterocycles. The van der Waals surface area contributed by atoms with Crippen LogP contribution in [0.1, 0.15) is 0 Å². The van der Waals surface area contributed by atoms with E-state index in [1.54, 1.807) is 18.9 Å². The molecule has 3 rings (SSSR count). The van der Waals surface area contributed by atoms with E-state index in [4.69, 9.17) is 4.74 Å². The third-order valence-corrected chi connectivity index (χ3v) is 6.23. The Hall–Kier alpha value is -2.23. The Labute approximate surface area is 170 Å². The van der Waals surface area contributed by atoms with Crippen molar-refractivity contribution in [2.45, 2.75) is 9.24 Å². The van der Waals surface area contributed by atoms with Crippen molar-refractivity contribution in [3.8, 4) is 5.75 Å². The molecule has 0 spiro atoms. The van der Waals surface area contributed by atoms with Crippen molar-refractivity contribution in [3.63, 3.8) is 0 Å². The quantitative estimate of drug-likeness (QED) is 0.512. The number of methoxy groups -OCH3 is 1. The van der Waals surface area contributed by atoms with Crippen molar-refractivity contribution in [3.05, 3.63) is 48.5 Å². The molecule has 1 amide bonds. The van der Waals surface area contributed by atoms with E-state index in [0.29, 0.717) is 5.13 Å². The zero-order valence-corrected chi connectivity index (χ0v) is 17.2. The number of ether oxygens (including phenoxy) is 1. The lowest BCUT2D eigenvalue weighted by atomic mass is 10.3. The molecule has 27 heavy (non-hydrogen) atoms. The summed E-state index contributed by atoms with van der Waals surface area (Å²) in [7, 11) is 1.62. The maximum absolute atomic E-state index is 12.2. The Bertz CT molecular complexity index is 917. The van der Waals surface area contributed by atoms with Crippen LogP contribution in [0.15, 0.2) is 57.8 Å². The molecule has 0 saturated carbocycles. The lowest BCUT2D eigenvalue weighted by Crippen LogP contribution is -2.14. The summed E-state index contributed by atoms with van der Waals surface area (Å²) in [4.78, 5) is 13.3. The van der Waals surface area contributed by atoms with Crippen LogP contribution in [0, 0.1) is 0 Å². The second kappa shape index (κ2) is 9.63. The summed E-state index contributed by atoms with van der Waals surface area (Å²) < 4.78 is 6.04. The first kappa shape index (κ1) is 19.5. The third kappa shape index (κ3) is 5.38. The Morgan fingerprint density at radius 3 is 2.63 bits per heavy atom. The van der Waals surface area contributed by atoms with E-state index < -0.39 is 0 Å². The van der Waals surface area contributed by atoms with Crippen molar-refractivity contribution >= 4 is 57.3 Å². The molecule has 0 aliphatic rings. The molecule has 0 aliphatic carbocycles. The molecule has 0 unspecified atom stereocenters. The molecule has 9 heteroatoms. The van der Waals surface area contributed by atoms with Gasteiger partial charge in [0.05, 0.1) is 24.2 Å². The monoisotopic (exact) mass is 418 g/mol. The lowest BCUT2D eigenvalue weighted by molar-refractivity contribution is -0.113. The number of nitrogens with one attached hydrogen (secondary N) is 2. The van der Waals surface area contributed by atoms with Crippen LogP contribution in [0.4, 0.5) is 16.5 Å². The number of aromatic nitrogens is 2. The minimum atomic E-state index is -0.0732. The molecule has 0 atom stereocenters. The molecule has 2 aromatic carbocycles. The van der Waals surface area contributed by atoms with Gasteiger partial charge in [0.1, 0.15) is 5.75 Å². The van der Waals surface area contributed by atoms with Gasteiger partial charge in [-0.15, -0.1) is 22.0 Å². The minimum absolute atomic E-state index is 0.0732. The average Bonchev–Trinajstić information content (AvgIpc) is 3.14. The van der Waals surface area contributed by atoms with Crippen LogP contribution in [0.2, 0.25) is 0 Å². The van der Waals surface area contributed by atoms with Crippen molar-refractivity contribution in [2.75, 3.05) is 29.8 Å². The first-order valence-corrected chi connectivity index (χ1v) is 11.0. The van der Waals surface area contributed by atoms with Gasteiger partial charge in [0, 0.05) is 4.90 Å². The van der Waals surface area contributed by atoms with Gasteiger partial charge in [-0.05, 0) is 30.5 Å². The highest BCUT2D eigenvalue weighted by molar-refractivity contribution is 8.01. The number of nitrogens with zero attached hydrogens (tertiary/aromatic N) is 2. The molecular weight excluding hydrogens is 400 g/mol. The van der Waals surface area contributed by atoms with Crippen LogP contribution in [-0.2, 0) is 4.79 Å². The van der Waals surface area contributed by atoms with Crippen molar-refractivity contribution < 1.29 is 9.53 Å². The normalized spacial score (nSPS) is 10.4. The van der Waals surface area contributed by atoms with Gasteiger partial charge < -0.3 is 15.4 Å². The fourth-order valence-corrected chi connectivity index (χ4v) is 4.36. The molecule has 0 bridgehead atoms. The molecule has 0 radical (unpaired) electrons. The van der Waals surface area contributed by atoms with Crippen LogP contribution < -0.4 is 15.4 Å². The van der Waals surface area contributed by atoms with Gasteiger partial charge in [0.25, 0.3) is 0 Å². The number of thioether (sulfide) groups is 2. The van der Waals surface area contributed by atoms with Crippen LogP contribution in [0.3, 0.4) is 0 Å². The van der Waals surface area contributed by atoms with Crippen LogP contribution >= 0.6 is 34.9 Å². The van der Waals surface area contributed by atoms with Crippen molar-refractivity contribution in [1.29, 1.82) is 0 Å². The predicted octanol–water partition coefficient (Wildman–Crippen LogP) is 4.74. The van der Waals surface area contributed by atoms with E-state index in [1.165, 1.54) is 23.1 Å². The highest BCUT2D eigenvalue weighted by Gasteiger charge is 2.11. The van der Waals surface area contributed by atoms with E-state index in [2.05, 4.69) is 20.8 Å². The second-order valence-electron chi connectivity index (χ2n) is 5.24. The molecule has 140 valence electrons. The van der Waals surface area contributed by atoms with Gasteiger partial charge in [-0.1, -0.05) is 47.4 Å². The SMILES string of the molecule is COc1ccccc1Nc1nnc(SCC(=O)Nc2ccccc2SC)s1. The molecule has 0 fully saturated rings. The van der Waals surface area contributed by atoms with Gasteiger partial charge in [0.2, 0.25) is 11.0 Å². The summed E-state index contributed by atoms with van der Waals surface area (Å²) in [6.07, 6.45) is 1.98. The Morgan fingerprint density at radius 1 is 1.11 bits per heavy atom. The zero-order valence-electron chi connectivity index (χ0n) is 14.8. The average molecular weight is 419 g/mol. The van der Waals surface area contributed by atoms with E-state index in [1.807, 2.05) is 54.8 Å². The fourth-order valence-electron chi connectivity index (χ4n) is 2.24. The first-order chi connectivity index (χ1) is 13.2. The second-order valence-corrected chi connectivity index (χ2v) is 8.28. The molecule has 1 heterocycles. The molecule has 2 N–H and O–H groups in total. The Balaban J connectivity index is 1.55. The summed E-state index contributed by atoms with van der Waals surface area (Å²) in [5.41, 5.74) is 1.64. The van der Waals surface area contributed by atoms with Crippen molar-refractivity contribution in [1.82, 2.24) is 10.2 Å². The van der Waals surface area contributed by atoms with E-state index in [9.17, 15) is 4.79 Å². The van der Waals surface area contributed by atoms with Crippen LogP contribution in [0.5, 0.6) is 5.75 Å². The smallest absolute Gasteiger partial charge is 0.234 e. The number of carbonyl (C=O) groups is 1. The highest BCUT2D eigenvalue weighted by Crippen LogP contribution is 2.31. The van der Waals surface area contributed by atoms with Crippen LogP contribution in [0.25, 0.3) is 0 Å². The van der Waals surface area contributed by atoms with E-state index in [0.717, 1.165) is 26.4 Å². The summed E-state index contributed by atoms with van der Waals surface area (Å²) in [6, 6.07) is 15.3. The first-order valence-electron chi connectivity index (χ1n) is 7.99. The molecular formula is C18H18N4O2S3. The van der Waals surface area contributed by atoms with E-state index >= 15 is 0 Å². The number of benzene rings is 2. The number of hydrogen-bond acceptors (Lipinski definition) is 8. The van der Waals surface area contributed by atoms with Gasteiger partial charge >= 0.3 is 0 Å². The highest BCUT2D eigenvalue weighted by atomic mass is 32.2. The number of para-hydroxylation sites is 3. The number of rotatable bonds is 8. The molecule has 0 saturated heterocycles. The minimum Gasteiger partial charge on any atom is -0.495 e. The predicted molar refractivity (Wildman–Crippen MR) is 114 cm³/mol. The Morgan fingerprint density at radius 2 is 1.85 bits per heavy atom. The van der Waals surface area contributed by atoms with Crippen molar-refractivity contribution in [2.24, 2.45) is 0 Å². The number of amides is 1. The largest absolute Gasteiger partial charge is 0.495 e. The van der Waals surface area contributed by atoms with Crippen LogP contribution in [-0.4, -0.2) is 35.2 Å². The van der Waals surface area contributed by atoms with Gasteiger partial charge in [0.15, 0.2) is 4.34 Å². The topological polar surface area (TPSA) is 76.1 Å². The summed E-state index contributed by atoms with van der Waals surface area (Å²) >= 11 is 4.35. The number of carbonyl (C=O) groups excluding carboxylic acids is 1. The number of anilines is 3. The summed E-state index contributed by atoms with van der Waals surface area (Å²) in [6.45, 7) is 0. The van der Waals surface area contributed by atoms with E-state index in [-0.39, 0.29) is 11.7 Å². The standard InChI is InChI=1S/C18H18N4O2S3/c1-24-14-9-5-3-7-12(14)20-17-21-22-18(27-17)26-11-16(23)19-13-8-4-6-10-15(13)25-2/h3-10H,11H2,1-2H3,(H,19,23)(H,20,21). The zero-order chi connectivity index (χ0) is 19.1. The van der Waals surface area contributed by atoms with Gasteiger partial charge in [-0.3, -0.25) is 4.79 Å². The Kier molecular flexibility index (Phi) is 6.97.